The highest BCUT2D eigenvalue weighted by molar-refractivity contribution is 6.31. The van der Waals surface area contributed by atoms with E-state index in [1.165, 1.54) is 0 Å². The van der Waals surface area contributed by atoms with Crippen molar-refractivity contribution < 1.29 is 22.7 Å². The Bertz CT molecular complexity index is 434. The van der Waals surface area contributed by atoms with Crippen LogP contribution in [-0.2, 0) is 15.7 Å². The van der Waals surface area contributed by atoms with Crippen molar-refractivity contribution >= 4 is 17.6 Å². The standard InChI is InChI=1S/C10H9ClF3NO2/c1-17-9(16)8(15)6-4-5(10(12,13)14)2-3-7(6)11/h2-4,8H,15H2,1H3. The summed E-state index contributed by atoms with van der Waals surface area (Å²) in [5.41, 5.74) is 4.40. The fourth-order valence-corrected chi connectivity index (χ4v) is 1.45. The van der Waals surface area contributed by atoms with Crippen molar-refractivity contribution in [3.8, 4) is 0 Å². The molecule has 0 radical (unpaired) electrons. The minimum atomic E-state index is -4.52. The van der Waals surface area contributed by atoms with Crippen LogP contribution in [0.3, 0.4) is 0 Å². The lowest BCUT2D eigenvalue weighted by atomic mass is 10.0. The fraction of sp³-hybridized carbons (Fsp3) is 0.300. The maximum Gasteiger partial charge on any atom is 0.416 e. The van der Waals surface area contributed by atoms with Gasteiger partial charge in [0.05, 0.1) is 12.7 Å². The van der Waals surface area contributed by atoms with Gasteiger partial charge in [-0.05, 0) is 23.8 Å². The molecule has 0 spiro atoms. The molecular weight excluding hydrogens is 259 g/mol. The summed E-state index contributed by atoms with van der Waals surface area (Å²) in [7, 11) is 1.09. The lowest BCUT2D eigenvalue weighted by Crippen LogP contribution is -2.23. The number of hydrogen-bond donors (Lipinski definition) is 1. The molecular formula is C10H9ClF3NO2. The summed E-state index contributed by atoms with van der Waals surface area (Å²) < 4.78 is 41.7. The molecule has 3 nitrogen and oxygen atoms in total. The molecule has 17 heavy (non-hydrogen) atoms. The Morgan fingerprint density at radius 1 is 1.47 bits per heavy atom. The van der Waals surface area contributed by atoms with E-state index < -0.39 is 23.8 Å². The van der Waals surface area contributed by atoms with Crippen molar-refractivity contribution in [3.05, 3.63) is 34.3 Å². The molecule has 1 atom stereocenters. The van der Waals surface area contributed by atoms with Crippen LogP contribution in [0, 0.1) is 0 Å². The van der Waals surface area contributed by atoms with Crippen molar-refractivity contribution in [1.29, 1.82) is 0 Å². The molecule has 0 fully saturated rings. The van der Waals surface area contributed by atoms with Crippen LogP contribution in [0.4, 0.5) is 13.2 Å². The van der Waals surface area contributed by atoms with Crippen LogP contribution >= 0.6 is 11.6 Å². The average Bonchev–Trinajstić information content (AvgIpc) is 2.26. The van der Waals surface area contributed by atoms with E-state index in [1.807, 2.05) is 0 Å². The number of rotatable bonds is 2. The van der Waals surface area contributed by atoms with Gasteiger partial charge in [0, 0.05) is 5.02 Å². The smallest absolute Gasteiger partial charge is 0.416 e. The molecule has 7 heteroatoms. The molecule has 1 rings (SSSR count). The Kier molecular flexibility index (Phi) is 4.00. The molecule has 2 N–H and O–H groups in total. The SMILES string of the molecule is COC(=O)C(N)c1cc(C(F)(F)F)ccc1Cl. The predicted octanol–water partition coefficient (Wildman–Crippen LogP) is 2.53. The van der Waals surface area contributed by atoms with Crippen molar-refractivity contribution in [3.63, 3.8) is 0 Å². The lowest BCUT2D eigenvalue weighted by molar-refractivity contribution is -0.143. The number of ether oxygens (including phenoxy) is 1. The van der Waals surface area contributed by atoms with Gasteiger partial charge in [0.25, 0.3) is 0 Å². The Hall–Kier alpha value is -1.27. The number of carbonyl (C=O) groups excluding carboxylic acids is 1. The first-order chi connectivity index (χ1) is 7.77. The summed E-state index contributed by atoms with van der Waals surface area (Å²) in [5.74, 6) is -0.855. The van der Waals surface area contributed by atoms with Gasteiger partial charge in [0.1, 0.15) is 6.04 Å². The van der Waals surface area contributed by atoms with Gasteiger partial charge in [0.2, 0.25) is 0 Å². The fourth-order valence-electron chi connectivity index (χ4n) is 1.21. The third-order valence-electron chi connectivity index (χ3n) is 2.11. The van der Waals surface area contributed by atoms with E-state index in [-0.39, 0.29) is 10.6 Å². The highest BCUT2D eigenvalue weighted by Crippen LogP contribution is 2.33. The first kappa shape index (κ1) is 13.8. The van der Waals surface area contributed by atoms with E-state index >= 15 is 0 Å². The second kappa shape index (κ2) is 4.93. The Labute approximate surface area is 100 Å². The highest BCUT2D eigenvalue weighted by Gasteiger charge is 2.32. The van der Waals surface area contributed by atoms with Crippen LogP contribution in [0.15, 0.2) is 18.2 Å². The normalized spacial score (nSPS) is 13.3. The quantitative estimate of drug-likeness (QED) is 0.838. The number of methoxy groups -OCH3 is 1. The molecule has 0 aliphatic carbocycles. The van der Waals surface area contributed by atoms with E-state index in [4.69, 9.17) is 17.3 Å². The molecule has 0 heterocycles. The minimum Gasteiger partial charge on any atom is -0.468 e. The number of hydrogen-bond acceptors (Lipinski definition) is 3. The molecule has 0 saturated heterocycles. The van der Waals surface area contributed by atoms with Gasteiger partial charge in [0.15, 0.2) is 0 Å². The van der Waals surface area contributed by atoms with Crippen LogP contribution < -0.4 is 5.73 Å². The number of carbonyl (C=O) groups is 1. The predicted molar refractivity (Wildman–Crippen MR) is 55.4 cm³/mol. The van der Waals surface area contributed by atoms with Gasteiger partial charge in [-0.25, -0.2) is 0 Å². The molecule has 0 saturated carbocycles. The Balaban J connectivity index is 3.20. The van der Waals surface area contributed by atoms with Crippen molar-refractivity contribution in [2.75, 3.05) is 7.11 Å². The first-order valence-electron chi connectivity index (χ1n) is 4.47. The highest BCUT2D eigenvalue weighted by atomic mass is 35.5. The van der Waals surface area contributed by atoms with Crippen LogP contribution in [0.1, 0.15) is 17.2 Å². The van der Waals surface area contributed by atoms with Crippen molar-refractivity contribution in [1.82, 2.24) is 0 Å². The number of benzene rings is 1. The summed E-state index contributed by atoms with van der Waals surface area (Å²) in [6, 6.07) is 1.26. The molecule has 1 unspecified atom stereocenters. The summed E-state index contributed by atoms with van der Waals surface area (Å²) in [6.07, 6.45) is -4.52. The largest absolute Gasteiger partial charge is 0.468 e. The summed E-state index contributed by atoms with van der Waals surface area (Å²) in [6.45, 7) is 0. The van der Waals surface area contributed by atoms with Crippen molar-refractivity contribution in [2.45, 2.75) is 12.2 Å². The monoisotopic (exact) mass is 267 g/mol. The summed E-state index contributed by atoms with van der Waals surface area (Å²) >= 11 is 5.69. The Morgan fingerprint density at radius 3 is 2.53 bits per heavy atom. The number of halogens is 4. The van der Waals surface area contributed by atoms with Crippen LogP contribution in [0.2, 0.25) is 5.02 Å². The maximum atomic E-state index is 12.4. The van der Waals surface area contributed by atoms with Gasteiger partial charge < -0.3 is 10.5 Å². The third-order valence-corrected chi connectivity index (χ3v) is 2.46. The zero-order chi connectivity index (χ0) is 13.2. The van der Waals surface area contributed by atoms with Gasteiger partial charge in [-0.15, -0.1) is 0 Å². The third kappa shape index (κ3) is 3.10. The summed E-state index contributed by atoms with van der Waals surface area (Å²) in [4.78, 5) is 11.1. The van der Waals surface area contributed by atoms with E-state index in [0.29, 0.717) is 0 Å². The number of esters is 1. The van der Waals surface area contributed by atoms with Gasteiger partial charge in [-0.3, -0.25) is 4.79 Å². The molecule has 0 aromatic heterocycles. The Morgan fingerprint density at radius 2 is 2.06 bits per heavy atom. The molecule has 0 amide bonds. The van der Waals surface area contributed by atoms with Gasteiger partial charge in [-0.1, -0.05) is 11.6 Å². The van der Waals surface area contributed by atoms with E-state index in [0.717, 1.165) is 25.3 Å². The average molecular weight is 268 g/mol. The second-order valence-corrected chi connectivity index (χ2v) is 3.64. The molecule has 0 aliphatic rings. The van der Waals surface area contributed by atoms with Gasteiger partial charge in [-0.2, -0.15) is 13.2 Å². The summed E-state index contributed by atoms with van der Waals surface area (Å²) in [5, 5.41) is -0.0177. The van der Waals surface area contributed by atoms with Crippen molar-refractivity contribution in [2.24, 2.45) is 5.73 Å². The molecule has 94 valence electrons. The second-order valence-electron chi connectivity index (χ2n) is 3.23. The first-order valence-corrected chi connectivity index (χ1v) is 4.85. The topological polar surface area (TPSA) is 52.3 Å². The van der Waals surface area contributed by atoms with Crippen LogP contribution in [0.5, 0.6) is 0 Å². The zero-order valence-electron chi connectivity index (χ0n) is 8.72. The van der Waals surface area contributed by atoms with Crippen LogP contribution in [-0.4, -0.2) is 13.1 Å². The molecule has 0 aliphatic heterocycles. The number of alkyl halides is 3. The lowest BCUT2D eigenvalue weighted by Gasteiger charge is -2.14. The molecule has 1 aromatic rings. The van der Waals surface area contributed by atoms with Crippen LogP contribution in [0.25, 0.3) is 0 Å². The minimum absolute atomic E-state index is 0.0177. The molecule has 0 bridgehead atoms. The molecule has 1 aromatic carbocycles. The maximum absolute atomic E-state index is 12.4. The van der Waals surface area contributed by atoms with E-state index in [9.17, 15) is 18.0 Å². The van der Waals surface area contributed by atoms with E-state index in [2.05, 4.69) is 4.74 Å². The van der Waals surface area contributed by atoms with Gasteiger partial charge >= 0.3 is 12.1 Å². The zero-order valence-corrected chi connectivity index (χ0v) is 9.47. The number of nitrogens with two attached hydrogens (primary N) is 1. The van der Waals surface area contributed by atoms with E-state index in [1.54, 1.807) is 0 Å².